The molecule has 0 aliphatic rings. The summed E-state index contributed by atoms with van der Waals surface area (Å²) in [6.07, 6.45) is 1.54. The molecule has 0 bridgehead atoms. The second-order valence-corrected chi connectivity index (χ2v) is 5.57. The lowest BCUT2D eigenvalue weighted by atomic mass is 10.0. The Balaban J connectivity index is 2.51. The zero-order chi connectivity index (χ0) is 16.3. The summed E-state index contributed by atoms with van der Waals surface area (Å²) >= 11 is 9.04. The minimum Gasteiger partial charge on any atom is -0.505 e. The molecule has 0 fully saturated rings. The van der Waals surface area contributed by atoms with E-state index in [1.807, 2.05) is 6.07 Å². The maximum atomic E-state index is 10.8. The summed E-state index contributed by atoms with van der Waals surface area (Å²) < 4.78 is 0.391. The van der Waals surface area contributed by atoms with Gasteiger partial charge in [0.15, 0.2) is 0 Å². The number of nitrogens with zero attached hydrogens (tertiary/aromatic N) is 2. The highest BCUT2D eigenvalue weighted by Crippen LogP contribution is 2.34. The SMILES string of the molecule is N#CC(=Cc1cc(Cl)c(O)c(Br)c1)c1cccc([N+](=O)[O-])c1. The summed E-state index contributed by atoms with van der Waals surface area (Å²) in [7, 11) is 0. The van der Waals surface area contributed by atoms with Gasteiger partial charge in [-0.15, -0.1) is 0 Å². The molecular weight excluding hydrogens is 372 g/mol. The van der Waals surface area contributed by atoms with Crippen LogP contribution in [0, 0.1) is 21.4 Å². The van der Waals surface area contributed by atoms with E-state index < -0.39 is 4.92 Å². The molecule has 0 saturated heterocycles. The molecule has 0 saturated carbocycles. The van der Waals surface area contributed by atoms with Crippen LogP contribution in [-0.2, 0) is 0 Å². The van der Waals surface area contributed by atoms with Crippen molar-refractivity contribution in [1.82, 2.24) is 0 Å². The minimum atomic E-state index is -0.521. The van der Waals surface area contributed by atoms with E-state index in [9.17, 15) is 20.5 Å². The third kappa shape index (κ3) is 3.45. The van der Waals surface area contributed by atoms with E-state index in [-0.39, 0.29) is 22.0 Å². The van der Waals surface area contributed by atoms with Crippen molar-refractivity contribution in [2.24, 2.45) is 0 Å². The molecule has 2 aromatic rings. The average Bonchev–Trinajstić information content (AvgIpc) is 2.50. The Hall–Kier alpha value is -2.36. The van der Waals surface area contributed by atoms with Crippen LogP contribution in [0.3, 0.4) is 0 Å². The fourth-order valence-corrected chi connectivity index (χ4v) is 2.62. The molecule has 2 rings (SSSR count). The van der Waals surface area contributed by atoms with Crippen molar-refractivity contribution < 1.29 is 10.0 Å². The molecule has 5 nitrogen and oxygen atoms in total. The van der Waals surface area contributed by atoms with Crippen LogP contribution in [0.1, 0.15) is 11.1 Å². The second kappa shape index (κ2) is 6.60. The fraction of sp³-hybridized carbons (Fsp3) is 0. The van der Waals surface area contributed by atoms with Gasteiger partial charge in [-0.25, -0.2) is 0 Å². The molecule has 7 heteroatoms. The van der Waals surface area contributed by atoms with Gasteiger partial charge in [-0.3, -0.25) is 10.1 Å². The number of benzene rings is 2. The average molecular weight is 380 g/mol. The molecule has 0 amide bonds. The van der Waals surface area contributed by atoms with Gasteiger partial charge in [-0.1, -0.05) is 23.7 Å². The van der Waals surface area contributed by atoms with Crippen molar-refractivity contribution in [1.29, 1.82) is 5.26 Å². The van der Waals surface area contributed by atoms with Crippen molar-refractivity contribution >= 4 is 44.9 Å². The first kappa shape index (κ1) is 16.0. The Bertz CT molecular complexity index is 805. The lowest BCUT2D eigenvalue weighted by Gasteiger charge is -2.04. The number of phenols is 1. The number of nitro benzene ring substituents is 1. The van der Waals surface area contributed by atoms with E-state index >= 15 is 0 Å². The van der Waals surface area contributed by atoms with Crippen LogP contribution in [0.15, 0.2) is 40.9 Å². The Labute approximate surface area is 139 Å². The molecule has 0 radical (unpaired) electrons. The largest absolute Gasteiger partial charge is 0.505 e. The number of aromatic hydroxyl groups is 1. The number of nitro groups is 1. The Morgan fingerprint density at radius 3 is 2.73 bits per heavy atom. The molecule has 0 heterocycles. The normalized spacial score (nSPS) is 11.0. The van der Waals surface area contributed by atoms with Crippen molar-refractivity contribution in [3.8, 4) is 11.8 Å². The molecule has 1 N–H and O–H groups in total. The van der Waals surface area contributed by atoms with Gasteiger partial charge < -0.3 is 5.11 Å². The number of nitriles is 1. The number of halogens is 2. The van der Waals surface area contributed by atoms with E-state index in [2.05, 4.69) is 15.9 Å². The van der Waals surface area contributed by atoms with Crippen LogP contribution in [0.4, 0.5) is 5.69 Å². The molecule has 0 atom stereocenters. The summed E-state index contributed by atoms with van der Waals surface area (Å²) in [5.41, 5.74) is 1.16. The van der Waals surface area contributed by atoms with E-state index in [1.54, 1.807) is 12.1 Å². The van der Waals surface area contributed by atoms with Gasteiger partial charge in [-0.05, 0) is 45.3 Å². The third-order valence-electron chi connectivity index (χ3n) is 2.84. The lowest BCUT2D eigenvalue weighted by molar-refractivity contribution is -0.384. The second-order valence-electron chi connectivity index (χ2n) is 4.31. The number of hydrogen-bond acceptors (Lipinski definition) is 4. The van der Waals surface area contributed by atoms with Gasteiger partial charge >= 0.3 is 0 Å². The molecular formula is C15H8BrClN2O3. The van der Waals surface area contributed by atoms with Crippen molar-refractivity contribution in [2.45, 2.75) is 0 Å². The maximum Gasteiger partial charge on any atom is 0.270 e. The standard InChI is InChI=1S/C15H8BrClN2O3/c16-13-5-9(6-14(17)15(13)20)4-11(8-18)10-2-1-3-12(7-10)19(21)22/h1-7,20H. The summed E-state index contributed by atoms with van der Waals surface area (Å²) in [4.78, 5) is 10.3. The smallest absolute Gasteiger partial charge is 0.270 e. The first-order valence-corrected chi connectivity index (χ1v) is 7.14. The molecule has 0 spiro atoms. The first-order chi connectivity index (χ1) is 10.4. The summed E-state index contributed by atoms with van der Waals surface area (Å²) in [5.74, 6) is -0.0901. The van der Waals surface area contributed by atoms with E-state index in [4.69, 9.17) is 11.6 Å². The van der Waals surface area contributed by atoms with E-state index in [1.165, 1.54) is 30.3 Å². The quantitative estimate of drug-likeness (QED) is 0.360. The number of phenolic OH excluding ortho intramolecular Hbond substituents is 1. The minimum absolute atomic E-state index is 0.0901. The van der Waals surface area contributed by atoms with E-state index in [0.29, 0.717) is 15.6 Å². The van der Waals surface area contributed by atoms with Crippen LogP contribution in [0.5, 0.6) is 5.75 Å². The number of hydrogen-bond donors (Lipinski definition) is 1. The van der Waals surface area contributed by atoms with Crippen molar-refractivity contribution in [3.05, 3.63) is 67.1 Å². The number of rotatable bonds is 3. The number of non-ortho nitro benzene ring substituents is 1. The van der Waals surface area contributed by atoms with Crippen LogP contribution in [0.25, 0.3) is 11.6 Å². The monoisotopic (exact) mass is 378 g/mol. The molecule has 0 aliphatic carbocycles. The highest BCUT2D eigenvalue weighted by molar-refractivity contribution is 9.10. The molecule has 0 aromatic heterocycles. The zero-order valence-corrected chi connectivity index (χ0v) is 13.3. The van der Waals surface area contributed by atoms with E-state index in [0.717, 1.165) is 0 Å². The summed E-state index contributed by atoms with van der Waals surface area (Å²) in [6, 6.07) is 10.9. The van der Waals surface area contributed by atoms with Crippen LogP contribution in [-0.4, -0.2) is 10.0 Å². The number of allylic oxidation sites excluding steroid dienone is 1. The Morgan fingerprint density at radius 2 is 2.14 bits per heavy atom. The fourth-order valence-electron chi connectivity index (χ4n) is 1.80. The molecule has 110 valence electrons. The lowest BCUT2D eigenvalue weighted by Crippen LogP contribution is -1.89. The summed E-state index contributed by atoms with van der Waals surface area (Å²) in [5, 5.41) is 29.8. The summed E-state index contributed by atoms with van der Waals surface area (Å²) in [6.45, 7) is 0. The van der Waals surface area contributed by atoms with Crippen LogP contribution < -0.4 is 0 Å². The molecule has 2 aromatic carbocycles. The highest BCUT2D eigenvalue weighted by atomic mass is 79.9. The topological polar surface area (TPSA) is 87.2 Å². The third-order valence-corrected chi connectivity index (χ3v) is 3.73. The van der Waals surface area contributed by atoms with Crippen molar-refractivity contribution in [3.63, 3.8) is 0 Å². The van der Waals surface area contributed by atoms with Gasteiger partial charge in [0.2, 0.25) is 0 Å². The van der Waals surface area contributed by atoms with Crippen LogP contribution >= 0.6 is 27.5 Å². The first-order valence-electron chi connectivity index (χ1n) is 5.97. The molecule has 0 aliphatic heterocycles. The van der Waals surface area contributed by atoms with Gasteiger partial charge in [-0.2, -0.15) is 5.26 Å². The maximum absolute atomic E-state index is 10.8. The Kier molecular flexibility index (Phi) is 4.81. The zero-order valence-electron chi connectivity index (χ0n) is 11.0. The Morgan fingerprint density at radius 1 is 1.41 bits per heavy atom. The highest BCUT2D eigenvalue weighted by Gasteiger charge is 2.10. The van der Waals surface area contributed by atoms with Crippen molar-refractivity contribution in [2.75, 3.05) is 0 Å². The molecule has 22 heavy (non-hydrogen) atoms. The predicted octanol–water partition coefficient (Wildman–Crippen LogP) is 4.78. The van der Waals surface area contributed by atoms with Gasteiger partial charge in [0.05, 0.1) is 26.1 Å². The molecule has 0 unspecified atom stereocenters. The van der Waals surface area contributed by atoms with Gasteiger partial charge in [0, 0.05) is 12.1 Å². The van der Waals surface area contributed by atoms with Gasteiger partial charge in [0.25, 0.3) is 5.69 Å². The predicted molar refractivity (Wildman–Crippen MR) is 87.4 cm³/mol. The van der Waals surface area contributed by atoms with Crippen LogP contribution in [0.2, 0.25) is 5.02 Å². The van der Waals surface area contributed by atoms with Gasteiger partial charge in [0.1, 0.15) is 5.75 Å².